The summed E-state index contributed by atoms with van der Waals surface area (Å²) >= 11 is 7.98. The number of halogens is 1. The minimum Gasteiger partial charge on any atom is -0.379 e. The van der Waals surface area contributed by atoms with Gasteiger partial charge in [-0.3, -0.25) is 9.89 Å². The predicted molar refractivity (Wildman–Crippen MR) is 126 cm³/mol. The van der Waals surface area contributed by atoms with Crippen LogP contribution in [0.1, 0.15) is 17.3 Å². The third-order valence-electron chi connectivity index (χ3n) is 5.75. The summed E-state index contributed by atoms with van der Waals surface area (Å²) in [5.41, 5.74) is 1.18. The first-order chi connectivity index (χ1) is 14.7. The molecule has 6 nitrogen and oxygen atoms in total. The molecule has 0 amide bonds. The highest BCUT2D eigenvalue weighted by Crippen LogP contribution is 2.26. The number of nitrogens with one attached hydrogen (secondary N) is 2. The van der Waals surface area contributed by atoms with Crippen LogP contribution >= 0.6 is 22.9 Å². The van der Waals surface area contributed by atoms with Gasteiger partial charge in [-0.05, 0) is 36.1 Å². The van der Waals surface area contributed by atoms with Crippen molar-refractivity contribution in [1.82, 2.24) is 15.5 Å². The van der Waals surface area contributed by atoms with Crippen LogP contribution in [0.5, 0.6) is 0 Å². The molecular formula is C22H30ClN5OS. The van der Waals surface area contributed by atoms with Gasteiger partial charge in [0.1, 0.15) is 0 Å². The van der Waals surface area contributed by atoms with Crippen molar-refractivity contribution in [2.45, 2.75) is 18.5 Å². The molecule has 0 radical (unpaired) electrons. The molecule has 2 unspecified atom stereocenters. The molecule has 0 aliphatic carbocycles. The van der Waals surface area contributed by atoms with E-state index in [1.54, 1.807) is 0 Å². The van der Waals surface area contributed by atoms with E-state index in [0.29, 0.717) is 12.1 Å². The number of aliphatic imine (C=N–C) groups is 1. The molecule has 30 heavy (non-hydrogen) atoms. The van der Waals surface area contributed by atoms with Gasteiger partial charge in [0.2, 0.25) is 0 Å². The number of hydrogen-bond donors (Lipinski definition) is 2. The van der Waals surface area contributed by atoms with Gasteiger partial charge in [0.25, 0.3) is 0 Å². The van der Waals surface area contributed by atoms with Crippen LogP contribution in [-0.2, 0) is 4.74 Å². The summed E-state index contributed by atoms with van der Waals surface area (Å²) in [6.45, 7) is 6.32. The molecule has 1 aromatic heterocycles. The Labute approximate surface area is 187 Å². The van der Waals surface area contributed by atoms with Crippen LogP contribution in [0.3, 0.4) is 0 Å². The second-order valence-corrected chi connectivity index (χ2v) is 9.10. The third kappa shape index (κ3) is 5.46. The maximum absolute atomic E-state index is 6.16. The Hall–Kier alpha value is -1.80. The van der Waals surface area contributed by atoms with Crippen molar-refractivity contribution in [1.29, 1.82) is 0 Å². The average Bonchev–Trinajstić information content (AvgIpc) is 3.46. The minimum atomic E-state index is 0.332. The molecule has 3 heterocycles. The van der Waals surface area contributed by atoms with Crippen molar-refractivity contribution in [3.63, 3.8) is 0 Å². The number of ether oxygens (including phenoxy) is 1. The largest absolute Gasteiger partial charge is 0.379 e. The summed E-state index contributed by atoms with van der Waals surface area (Å²) in [4.78, 5) is 10.7. The third-order valence-corrected chi connectivity index (χ3v) is 6.96. The van der Waals surface area contributed by atoms with Gasteiger partial charge in [-0.1, -0.05) is 23.7 Å². The lowest BCUT2D eigenvalue weighted by Gasteiger charge is -2.34. The second-order valence-electron chi connectivity index (χ2n) is 7.69. The Morgan fingerprint density at radius 1 is 1.27 bits per heavy atom. The lowest BCUT2D eigenvalue weighted by molar-refractivity contribution is 0.0177. The van der Waals surface area contributed by atoms with Crippen molar-refractivity contribution in [3.8, 4) is 0 Å². The zero-order valence-corrected chi connectivity index (χ0v) is 19.0. The van der Waals surface area contributed by atoms with Crippen molar-refractivity contribution in [2.75, 3.05) is 57.9 Å². The van der Waals surface area contributed by atoms with E-state index in [4.69, 9.17) is 16.3 Å². The molecule has 2 aliphatic rings. The van der Waals surface area contributed by atoms with E-state index in [9.17, 15) is 0 Å². The van der Waals surface area contributed by atoms with Crippen molar-refractivity contribution >= 4 is 34.6 Å². The van der Waals surface area contributed by atoms with E-state index in [0.717, 1.165) is 63.3 Å². The number of hydrogen-bond acceptors (Lipinski definition) is 5. The average molecular weight is 448 g/mol. The Morgan fingerprint density at radius 3 is 2.87 bits per heavy atom. The molecule has 1 aromatic carbocycles. The van der Waals surface area contributed by atoms with Crippen LogP contribution < -0.4 is 15.5 Å². The van der Waals surface area contributed by atoms with Crippen LogP contribution in [0, 0.1) is 0 Å². The molecule has 4 rings (SSSR count). The molecule has 2 atom stereocenters. The van der Waals surface area contributed by atoms with E-state index in [-0.39, 0.29) is 0 Å². The van der Waals surface area contributed by atoms with E-state index < -0.39 is 0 Å². The molecule has 2 aromatic rings. The number of nitrogens with zero attached hydrogens (tertiary/aromatic N) is 3. The van der Waals surface area contributed by atoms with Gasteiger partial charge in [0.15, 0.2) is 5.96 Å². The standard InChI is InChI=1S/C22H30ClN5OS/c1-24-22(26-18-7-8-28(16-18)19-5-2-4-17(23)14-19)25-15-20(21-6-3-13-30-21)27-9-11-29-12-10-27/h2-6,13-14,18,20H,7-12,15-16H2,1H3,(H2,24,25,26). The van der Waals surface area contributed by atoms with Gasteiger partial charge in [-0.2, -0.15) is 0 Å². The molecule has 162 valence electrons. The lowest BCUT2D eigenvalue weighted by atomic mass is 10.2. The fraction of sp³-hybridized carbons (Fsp3) is 0.500. The van der Waals surface area contributed by atoms with Crippen LogP contribution in [0.15, 0.2) is 46.8 Å². The van der Waals surface area contributed by atoms with E-state index in [1.807, 2.05) is 36.6 Å². The smallest absolute Gasteiger partial charge is 0.191 e. The Kier molecular flexibility index (Phi) is 7.49. The van der Waals surface area contributed by atoms with E-state index >= 15 is 0 Å². The molecular weight excluding hydrogens is 418 g/mol. The van der Waals surface area contributed by atoms with Crippen LogP contribution in [0.2, 0.25) is 5.02 Å². The zero-order valence-electron chi connectivity index (χ0n) is 17.4. The summed E-state index contributed by atoms with van der Waals surface area (Å²) in [6, 6.07) is 13.1. The topological polar surface area (TPSA) is 52.1 Å². The summed E-state index contributed by atoms with van der Waals surface area (Å²) in [5.74, 6) is 0.864. The number of guanidine groups is 1. The summed E-state index contributed by atoms with van der Waals surface area (Å²) in [7, 11) is 1.84. The quantitative estimate of drug-likeness (QED) is 0.526. The molecule has 8 heteroatoms. The number of morpholine rings is 1. The van der Waals surface area contributed by atoms with Gasteiger partial charge in [-0.15, -0.1) is 11.3 Å². The first-order valence-corrected chi connectivity index (χ1v) is 11.8. The maximum atomic E-state index is 6.16. The van der Waals surface area contributed by atoms with Crippen molar-refractivity contribution in [3.05, 3.63) is 51.7 Å². The van der Waals surface area contributed by atoms with Gasteiger partial charge in [-0.25, -0.2) is 0 Å². The van der Waals surface area contributed by atoms with E-state index in [2.05, 4.69) is 49.0 Å². The van der Waals surface area contributed by atoms with Crippen molar-refractivity contribution < 1.29 is 4.74 Å². The maximum Gasteiger partial charge on any atom is 0.191 e. The van der Waals surface area contributed by atoms with Crippen LogP contribution in [0.25, 0.3) is 0 Å². The number of benzene rings is 1. The summed E-state index contributed by atoms with van der Waals surface area (Å²) in [6.07, 6.45) is 1.07. The molecule has 2 N–H and O–H groups in total. The minimum absolute atomic E-state index is 0.332. The molecule has 0 bridgehead atoms. The highest BCUT2D eigenvalue weighted by molar-refractivity contribution is 7.10. The van der Waals surface area contributed by atoms with Gasteiger partial charge in [0.05, 0.1) is 19.3 Å². The molecule has 0 spiro atoms. The van der Waals surface area contributed by atoms with Crippen molar-refractivity contribution in [2.24, 2.45) is 4.99 Å². The second kappa shape index (κ2) is 10.5. The highest BCUT2D eigenvalue weighted by Gasteiger charge is 2.26. The predicted octanol–water partition coefficient (Wildman–Crippen LogP) is 3.22. The zero-order chi connectivity index (χ0) is 20.8. The first kappa shape index (κ1) is 21.4. The number of thiophene rings is 1. The monoisotopic (exact) mass is 447 g/mol. The van der Waals surface area contributed by atoms with Crippen LogP contribution in [-0.4, -0.2) is 69.9 Å². The Morgan fingerprint density at radius 2 is 2.13 bits per heavy atom. The van der Waals surface area contributed by atoms with Gasteiger partial charge < -0.3 is 20.3 Å². The number of anilines is 1. The summed E-state index contributed by atoms with van der Waals surface area (Å²) < 4.78 is 5.55. The number of rotatable bonds is 6. The molecule has 2 saturated heterocycles. The molecule has 0 saturated carbocycles. The van der Waals surface area contributed by atoms with E-state index in [1.165, 1.54) is 10.6 Å². The molecule has 2 fully saturated rings. The van der Waals surface area contributed by atoms with Gasteiger partial charge in [0, 0.05) is 61.4 Å². The SMILES string of the molecule is CN=C(NCC(c1cccs1)N1CCOCC1)NC1CCN(c2cccc(Cl)c2)C1. The van der Waals surface area contributed by atoms with Crippen LogP contribution in [0.4, 0.5) is 5.69 Å². The highest BCUT2D eigenvalue weighted by atomic mass is 35.5. The Balaban J connectivity index is 1.33. The first-order valence-electron chi connectivity index (χ1n) is 10.6. The fourth-order valence-corrected chi connectivity index (χ4v) is 5.19. The fourth-order valence-electron chi connectivity index (χ4n) is 4.15. The summed E-state index contributed by atoms with van der Waals surface area (Å²) in [5, 5.41) is 10.1. The lowest BCUT2D eigenvalue weighted by Crippen LogP contribution is -2.48. The molecule has 2 aliphatic heterocycles. The Bertz CT molecular complexity index is 825. The van der Waals surface area contributed by atoms with Gasteiger partial charge >= 0.3 is 0 Å². The normalized spacial score (nSPS) is 21.6.